The molecule has 1 aromatic carbocycles. The Balaban J connectivity index is 1.83. The van der Waals surface area contributed by atoms with Crippen LogP contribution in [0.2, 0.25) is 5.02 Å². The number of aryl methyl sites for hydroxylation is 1. The van der Waals surface area contributed by atoms with E-state index >= 15 is 0 Å². The minimum atomic E-state index is -0.185. The van der Waals surface area contributed by atoms with E-state index in [1.807, 2.05) is 18.2 Å². The molecule has 3 heterocycles. The summed E-state index contributed by atoms with van der Waals surface area (Å²) in [5.41, 5.74) is 7.47. The van der Waals surface area contributed by atoms with Crippen LogP contribution in [0.4, 0.5) is 0 Å². The quantitative estimate of drug-likeness (QED) is 0.632. The SMILES string of the molecule is Cn1cnc2c(c(C#Cc3ccccc3Cl)nn2N2CCC(C)(N)CC2)c1=O. The van der Waals surface area contributed by atoms with Crippen LogP contribution in [-0.4, -0.2) is 38.1 Å². The van der Waals surface area contributed by atoms with Gasteiger partial charge in [-0.05, 0) is 37.8 Å². The van der Waals surface area contributed by atoms with Crippen molar-refractivity contribution in [1.82, 2.24) is 19.4 Å². The third kappa shape index (κ3) is 3.37. The van der Waals surface area contributed by atoms with Gasteiger partial charge in [-0.2, -0.15) is 4.79 Å². The van der Waals surface area contributed by atoms with Gasteiger partial charge < -0.3 is 10.3 Å². The second-order valence-corrected chi connectivity index (χ2v) is 7.84. The zero-order chi connectivity index (χ0) is 19.9. The third-order valence-electron chi connectivity index (χ3n) is 5.07. The molecule has 4 rings (SSSR count). The van der Waals surface area contributed by atoms with E-state index in [0.717, 1.165) is 25.9 Å². The van der Waals surface area contributed by atoms with Gasteiger partial charge in [0, 0.05) is 31.2 Å². The number of nitrogens with zero attached hydrogens (tertiary/aromatic N) is 5. The van der Waals surface area contributed by atoms with E-state index in [4.69, 9.17) is 17.3 Å². The highest BCUT2D eigenvalue weighted by Crippen LogP contribution is 2.20. The normalized spacial score (nSPS) is 16.1. The van der Waals surface area contributed by atoms with Crippen molar-refractivity contribution >= 4 is 22.6 Å². The second-order valence-electron chi connectivity index (χ2n) is 7.43. The van der Waals surface area contributed by atoms with Crippen LogP contribution in [0.15, 0.2) is 35.4 Å². The number of hydrogen-bond acceptors (Lipinski definition) is 5. The van der Waals surface area contributed by atoms with Crippen LogP contribution >= 0.6 is 11.6 Å². The summed E-state index contributed by atoms with van der Waals surface area (Å²) in [7, 11) is 1.66. The molecule has 0 spiro atoms. The lowest BCUT2D eigenvalue weighted by Gasteiger charge is -2.37. The first-order valence-electron chi connectivity index (χ1n) is 9.11. The highest BCUT2D eigenvalue weighted by Gasteiger charge is 2.28. The topological polar surface area (TPSA) is 82.0 Å². The van der Waals surface area contributed by atoms with Crippen molar-refractivity contribution in [2.75, 3.05) is 18.1 Å². The van der Waals surface area contributed by atoms with Crippen molar-refractivity contribution in [3.8, 4) is 11.8 Å². The van der Waals surface area contributed by atoms with Crippen molar-refractivity contribution in [3.05, 3.63) is 57.2 Å². The van der Waals surface area contributed by atoms with E-state index in [0.29, 0.717) is 27.3 Å². The van der Waals surface area contributed by atoms with E-state index < -0.39 is 0 Å². The lowest BCUT2D eigenvalue weighted by molar-refractivity contribution is 0.323. The minimum Gasteiger partial charge on any atom is -0.325 e. The van der Waals surface area contributed by atoms with Crippen LogP contribution in [0.5, 0.6) is 0 Å². The Morgan fingerprint density at radius 3 is 2.64 bits per heavy atom. The average Bonchev–Trinajstić information content (AvgIpc) is 3.03. The molecule has 3 aromatic rings. The molecular formula is C20H21ClN6O. The maximum atomic E-state index is 12.8. The molecule has 0 unspecified atom stereocenters. The minimum absolute atomic E-state index is 0.180. The predicted molar refractivity (Wildman–Crippen MR) is 110 cm³/mol. The van der Waals surface area contributed by atoms with E-state index in [9.17, 15) is 4.79 Å². The summed E-state index contributed by atoms with van der Waals surface area (Å²) in [6, 6.07) is 7.32. The first-order valence-corrected chi connectivity index (χ1v) is 9.48. The van der Waals surface area contributed by atoms with Crippen LogP contribution in [0.25, 0.3) is 11.0 Å². The first-order chi connectivity index (χ1) is 13.4. The lowest BCUT2D eigenvalue weighted by Crippen LogP contribution is -2.52. The lowest BCUT2D eigenvalue weighted by atomic mass is 9.92. The highest BCUT2D eigenvalue weighted by atomic mass is 35.5. The zero-order valence-corrected chi connectivity index (χ0v) is 16.6. The maximum absolute atomic E-state index is 12.8. The molecular weight excluding hydrogens is 376 g/mol. The molecule has 1 aliphatic rings. The van der Waals surface area contributed by atoms with Crippen LogP contribution < -0.4 is 16.3 Å². The van der Waals surface area contributed by atoms with Gasteiger partial charge in [0.2, 0.25) is 0 Å². The van der Waals surface area contributed by atoms with E-state index in [1.54, 1.807) is 17.9 Å². The van der Waals surface area contributed by atoms with E-state index in [1.165, 1.54) is 10.9 Å². The number of benzene rings is 1. The Kier molecular flexibility index (Phi) is 4.61. The van der Waals surface area contributed by atoms with Gasteiger partial charge >= 0.3 is 0 Å². The Labute approximate surface area is 167 Å². The van der Waals surface area contributed by atoms with Gasteiger partial charge in [-0.1, -0.05) is 29.7 Å². The summed E-state index contributed by atoms with van der Waals surface area (Å²) in [4.78, 5) is 18.9. The summed E-state index contributed by atoms with van der Waals surface area (Å²) in [6.07, 6.45) is 3.17. The maximum Gasteiger partial charge on any atom is 0.265 e. The summed E-state index contributed by atoms with van der Waals surface area (Å²) in [6.45, 7) is 3.52. The molecule has 0 aliphatic carbocycles. The van der Waals surface area contributed by atoms with Gasteiger partial charge in [0.05, 0.1) is 11.3 Å². The molecule has 1 fully saturated rings. The zero-order valence-electron chi connectivity index (χ0n) is 15.8. The molecule has 0 atom stereocenters. The van der Waals surface area contributed by atoms with Crippen molar-refractivity contribution in [2.24, 2.45) is 12.8 Å². The summed E-state index contributed by atoms with van der Waals surface area (Å²) < 4.78 is 1.43. The predicted octanol–water partition coefficient (Wildman–Crippen LogP) is 1.63. The van der Waals surface area contributed by atoms with Crippen LogP contribution in [0.1, 0.15) is 31.0 Å². The monoisotopic (exact) mass is 396 g/mol. The number of rotatable bonds is 1. The first kappa shape index (κ1) is 18.5. The number of fused-ring (bicyclic) bond motifs is 1. The molecule has 144 valence electrons. The fourth-order valence-corrected chi connectivity index (χ4v) is 3.43. The van der Waals surface area contributed by atoms with Crippen LogP contribution in [-0.2, 0) is 7.05 Å². The Morgan fingerprint density at radius 2 is 1.93 bits per heavy atom. The Bertz CT molecular complexity index is 1160. The molecule has 7 nitrogen and oxygen atoms in total. The van der Waals surface area contributed by atoms with Crippen LogP contribution in [0.3, 0.4) is 0 Å². The highest BCUT2D eigenvalue weighted by molar-refractivity contribution is 6.31. The van der Waals surface area contributed by atoms with Gasteiger partial charge in [-0.3, -0.25) is 9.80 Å². The fourth-order valence-electron chi connectivity index (χ4n) is 3.25. The number of piperidine rings is 1. The van der Waals surface area contributed by atoms with Crippen molar-refractivity contribution in [1.29, 1.82) is 0 Å². The summed E-state index contributed by atoms with van der Waals surface area (Å²) in [5.74, 6) is 6.04. The Morgan fingerprint density at radius 1 is 1.21 bits per heavy atom. The number of hydrogen-bond donors (Lipinski definition) is 1. The molecule has 2 aromatic heterocycles. The largest absolute Gasteiger partial charge is 0.325 e. The molecule has 0 radical (unpaired) electrons. The van der Waals surface area contributed by atoms with Crippen LogP contribution in [0, 0.1) is 11.8 Å². The average molecular weight is 397 g/mol. The Hall–Kier alpha value is -2.82. The van der Waals surface area contributed by atoms with Gasteiger partial charge in [0.25, 0.3) is 5.56 Å². The fraction of sp³-hybridized carbons (Fsp3) is 0.350. The third-order valence-corrected chi connectivity index (χ3v) is 5.40. The van der Waals surface area contributed by atoms with Crippen molar-refractivity contribution in [3.63, 3.8) is 0 Å². The molecule has 1 aliphatic heterocycles. The molecule has 8 heteroatoms. The molecule has 28 heavy (non-hydrogen) atoms. The number of nitrogens with two attached hydrogens (primary N) is 1. The summed E-state index contributed by atoms with van der Waals surface area (Å²) in [5, 5.41) is 7.64. The van der Waals surface area contributed by atoms with Gasteiger partial charge in [0.15, 0.2) is 11.3 Å². The summed E-state index contributed by atoms with van der Waals surface area (Å²) >= 11 is 6.19. The molecule has 0 saturated carbocycles. The van der Waals surface area contributed by atoms with Crippen molar-refractivity contribution in [2.45, 2.75) is 25.3 Å². The molecule has 1 saturated heterocycles. The smallest absolute Gasteiger partial charge is 0.265 e. The molecule has 0 bridgehead atoms. The van der Waals surface area contributed by atoms with E-state index in [2.05, 4.69) is 33.9 Å². The van der Waals surface area contributed by atoms with Gasteiger partial charge in [0.1, 0.15) is 5.39 Å². The van der Waals surface area contributed by atoms with E-state index in [-0.39, 0.29) is 11.1 Å². The van der Waals surface area contributed by atoms with Gasteiger partial charge in [-0.15, -0.1) is 5.10 Å². The molecule has 0 amide bonds. The number of halogens is 1. The number of aromatic nitrogens is 4. The standard InChI is InChI=1S/C20H21ClN6O/c1-20(22)9-11-26(12-10-20)27-18-17(19(28)25(2)13-23-18)16(24-27)8-7-14-5-3-4-6-15(14)21/h3-6,13H,9-12,22H2,1-2H3. The molecule has 2 N–H and O–H groups in total. The second kappa shape index (κ2) is 6.97. The van der Waals surface area contributed by atoms with Gasteiger partial charge in [-0.25, -0.2) is 4.98 Å². The van der Waals surface area contributed by atoms with Crippen molar-refractivity contribution < 1.29 is 0 Å².